The average molecular weight is 449 g/mol. The first-order valence-electron chi connectivity index (χ1n) is 10.8. The van der Waals surface area contributed by atoms with Gasteiger partial charge in [-0.3, -0.25) is 18.7 Å². The van der Waals surface area contributed by atoms with Gasteiger partial charge in [0, 0.05) is 46.2 Å². The van der Waals surface area contributed by atoms with Gasteiger partial charge in [0.25, 0.3) is 5.56 Å². The van der Waals surface area contributed by atoms with Gasteiger partial charge in [0.05, 0.1) is 15.8 Å². The highest BCUT2D eigenvalue weighted by Gasteiger charge is 2.27. The number of amides is 1. The number of aromatic nitrogens is 2. The maximum atomic E-state index is 13.1. The topological polar surface area (TPSA) is 102 Å². The molecule has 1 aromatic carbocycles. The summed E-state index contributed by atoms with van der Waals surface area (Å²) in [7, 11) is -2.16. The summed E-state index contributed by atoms with van der Waals surface area (Å²) in [6, 6.07) is 4.32. The minimum atomic E-state index is -3.71. The lowest BCUT2D eigenvalue weighted by Crippen LogP contribution is -2.40. The molecule has 31 heavy (non-hydrogen) atoms. The Morgan fingerprint density at radius 3 is 2.29 bits per heavy atom. The molecule has 2 aliphatic rings. The smallest absolute Gasteiger partial charge is 0.331 e. The van der Waals surface area contributed by atoms with Crippen LogP contribution in [0.2, 0.25) is 0 Å². The molecular formula is C21H28N4O5S. The first-order chi connectivity index (χ1) is 14.8. The van der Waals surface area contributed by atoms with E-state index in [1.807, 2.05) is 0 Å². The van der Waals surface area contributed by atoms with Crippen LogP contribution in [-0.4, -0.2) is 58.8 Å². The van der Waals surface area contributed by atoms with E-state index in [0.29, 0.717) is 31.7 Å². The van der Waals surface area contributed by atoms with E-state index in [1.54, 1.807) is 11.9 Å². The van der Waals surface area contributed by atoms with Crippen molar-refractivity contribution < 1.29 is 13.2 Å². The molecule has 4 rings (SSSR count). The van der Waals surface area contributed by atoms with Crippen LogP contribution in [0.4, 0.5) is 0 Å². The van der Waals surface area contributed by atoms with Gasteiger partial charge < -0.3 is 4.90 Å². The van der Waals surface area contributed by atoms with Crippen LogP contribution in [0.15, 0.2) is 32.7 Å². The molecule has 0 spiro atoms. The van der Waals surface area contributed by atoms with Crippen LogP contribution in [0.3, 0.4) is 0 Å². The number of fused-ring (bicyclic) bond motifs is 1. The molecule has 0 aliphatic carbocycles. The van der Waals surface area contributed by atoms with Gasteiger partial charge in [-0.05, 0) is 43.9 Å². The van der Waals surface area contributed by atoms with E-state index in [-0.39, 0.29) is 29.2 Å². The lowest BCUT2D eigenvalue weighted by Gasteiger charge is -2.26. The number of carbonyl (C=O) groups excluding carboxylic acids is 1. The van der Waals surface area contributed by atoms with Gasteiger partial charge in [0.15, 0.2) is 0 Å². The van der Waals surface area contributed by atoms with Crippen molar-refractivity contribution in [2.75, 3.05) is 26.2 Å². The second-order valence-corrected chi connectivity index (χ2v) is 10.2. The lowest BCUT2D eigenvalue weighted by molar-refractivity contribution is -0.130. The quantitative estimate of drug-likeness (QED) is 0.676. The highest BCUT2D eigenvalue weighted by molar-refractivity contribution is 7.89. The number of benzene rings is 1. The summed E-state index contributed by atoms with van der Waals surface area (Å²) in [6.45, 7) is 2.33. The van der Waals surface area contributed by atoms with Crippen molar-refractivity contribution in [3.8, 4) is 0 Å². The van der Waals surface area contributed by atoms with Gasteiger partial charge in [0.1, 0.15) is 0 Å². The summed E-state index contributed by atoms with van der Waals surface area (Å²) in [4.78, 5) is 40.0. The third kappa shape index (κ3) is 4.06. The Morgan fingerprint density at radius 1 is 0.968 bits per heavy atom. The zero-order chi connectivity index (χ0) is 22.2. The maximum Gasteiger partial charge on any atom is 0.331 e. The molecule has 2 fully saturated rings. The number of rotatable bonds is 5. The third-order valence-electron chi connectivity index (χ3n) is 6.28. The number of sulfonamides is 1. The highest BCUT2D eigenvalue weighted by Crippen LogP contribution is 2.22. The first kappa shape index (κ1) is 21.8. The zero-order valence-corrected chi connectivity index (χ0v) is 18.6. The predicted octanol–water partition coefficient (Wildman–Crippen LogP) is 0.887. The molecule has 9 nitrogen and oxygen atoms in total. The van der Waals surface area contributed by atoms with E-state index in [1.165, 1.54) is 27.1 Å². The summed E-state index contributed by atoms with van der Waals surface area (Å²) in [5.41, 5.74) is -0.712. The molecule has 0 radical (unpaired) electrons. The van der Waals surface area contributed by atoms with Crippen LogP contribution in [0.25, 0.3) is 10.9 Å². The SMILES string of the molecule is Cn1c(=O)n(CCC(=O)N2CCCC2)c(=O)c2cc(S(=O)(=O)N3CCCCC3)ccc21. The van der Waals surface area contributed by atoms with Crippen molar-refractivity contribution in [1.29, 1.82) is 0 Å². The summed E-state index contributed by atoms with van der Waals surface area (Å²) in [5, 5.41) is 0.161. The van der Waals surface area contributed by atoms with Gasteiger partial charge in [-0.2, -0.15) is 4.31 Å². The molecule has 2 aromatic rings. The molecule has 0 saturated carbocycles. The lowest BCUT2D eigenvalue weighted by atomic mass is 10.2. The summed E-state index contributed by atoms with van der Waals surface area (Å²) < 4.78 is 29.9. The molecule has 168 valence electrons. The molecule has 0 unspecified atom stereocenters. The van der Waals surface area contributed by atoms with Crippen LogP contribution in [-0.2, 0) is 28.4 Å². The summed E-state index contributed by atoms with van der Waals surface area (Å²) in [6.07, 6.45) is 4.65. The first-order valence-corrected chi connectivity index (χ1v) is 12.3. The zero-order valence-electron chi connectivity index (χ0n) is 17.7. The van der Waals surface area contributed by atoms with Gasteiger partial charge in [0.2, 0.25) is 15.9 Å². The molecule has 1 aromatic heterocycles. The van der Waals surface area contributed by atoms with E-state index in [4.69, 9.17) is 0 Å². The van der Waals surface area contributed by atoms with Crippen molar-refractivity contribution in [1.82, 2.24) is 18.3 Å². The molecule has 10 heteroatoms. The molecule has 1 amide bonds. The van der Waals surface area contributed by atoms with Crippen molar-refractivity contribution >= 4 is 26.8 Å². The largest absolute Gasteiger partial charge is 0.343 e. The van der Waals surface area contributed by atoms with Crippen LogP contribution in [0.1, 0.15) is 38.5 Å². The number of piperidine rings is 1. The number of hydrogen-bond donors (Lipinski definition) is 0. The fourth-order valence-electron chi connectivity index (χ4n) is 4.44. The Bertz CT molecular complexity index is 1220. The standard InChI is InChI=1S/C21H28N4O5S/c1-22-18-8-7-16(31(29,30)24-12-3-2-4-13-24)15-17(18)20(27)25(21(22)28)14-9-19(26)23-10-5-6-11-23/h7-8,15H,2-6,9-14H2,1H3. The molecule has 2 saturated heterocycles. The molecule has 0 atom stereocenters. The van der Waals surface area contributed by atoms with Crippen LogP contribution >= 0.6 is 0 Å². The van der Waals surface area contributed by atoms with E-state index < -0.39 is 21.3 Å². The fourth-order valence-corrected chi connectivity index (χ4v) is 5.98. The Morgan fingerprint density at radius 2 is 1.61 bits per heavy atom. The second kappa shape index (κ2) is 8.58. The number of carbonyl (C=O) groups is 1. The van der Waals surface area contributed by atoms with Gasteiger partial charge in [-0.15, -0.1) is 0 Å². The Labute approximate surface area is 180 Å². The van der Waals surface area contributed by atoms with Crippen molar-refractivity contribution in [2.45, 2.75) is 50.0 Å². The summed E-state index contributed by atoms with van der Waals surface area (Å²) >= 11 is 0. The van der Waals surface area contributed by atoms with E-state index in [2.05, 4.69) is 0 Å². The number of nitrogens with zero attached hydrogens (tertiary/aromatic N) is 4. The number of likely N-dealkylation sites (tertiary alicyclic amines) is 1. The number of aryl methyl sites for hydroxylation is 1. The molecular weight excluding hydrogens is 420 g/mol. The van der Waals surface area contributed by atoms with Crippen molar-refractivity contribution in [3.63, 3.8) is 0 Å². The Hall–Kier alpha value is -2.46. The van der Waals surface area contributed by atoms with E-state index in [9.17, 15) is 22.8 Å². The molecule has 3 heterocycles. The van der Waals surface area contributed by atoms with Crippen LogP contribution in [0.5, 0.6) is 0 Å². The maximum absolute atomic E-state index is 13.1. The van der Waals surface area contributed by atoms with E-state index in [0.717, 1.165) is 36.7 Å². The normalized spacial score (nSPS) is 18.0. The second-order valence-electron chi connectivity index (χ2n) is 8.28. The fraction of sp³-hybridized carbons (Fsp3) is 0.571. The third-order valence-corrected chi connectivity index (χ3v) is 8.18. The van der Waals surface area contributed by atoms with Crippen molar-refractivity contribution in [2.24, 2.45) is 7.05 Å². The predicted molar refractivity (Wildman–Crippen MR) is 116 cm³/mol. The van der Waals surface area contributed by atoms with Crippen molar-refractivity contribution in [3.05, 3.63) is 39.0 Å². The van der Waals surface area contributed by atoms with Gasteiger partial charge in [-0.1, -0.05) is 6.42 Å². The average Bonchev–Trinajstić information content (AvgIpc) is 3.33. The molecule has 0 N–H and O–H groups in total. The van der Waals surface area contributed by atoms with Crippen LogP contribution < -0.4 is 11.2 Å². The monoisotopic (exact) mass is 448 g/mol. The summed E-state index contributed by atoms with van der Waals surface area (Å²) in [5.74, 6) is -0.0759. The highest BCUT2D eigenvalue weighted by atomic mass is 32.2. The van der Waals surface area contributed by atoms with Gasteiger partial charge >= 0.3 is 5.69 Å². The molecule has 2 aliphatic heterocycles. The van der Waals surface area contributed by atoms with Gasteiger partial charge in [-0.25, -0.2) is 13.2 Å². The molecule has 0 bridgehead atoms. The minimum Gasteiger partial charge on any atom is -0.343 e. The van der Waals surface area contributed by atoms with Crippen LogP contribution in [0, 0.1) is 0 Å². The Balaban J connectivity index is 1.70. The Kier molecular flexibility index (Phi) is 6.02. The number of hydrogen-bond acceptors (Lipinski definition) is 5. The van der Waals surface area contributed by atoms with E-state index >= 15 is 0 Å². The minimum absolute atomic E-state index is 0.0279.